The van der Waals surface area contributed by atoms with Gasteiger partial charge in [-0.1, -0.05) is 20.8 Å². The zero-order chi connectivity index (χ0) is 14.1. The van der Waals surface area contributed by atoms with Crippen molar-refractivity contribution in [2.75, 3.05) is 13.1 Å². The zero-order valence-corrected chi connectivity index (χ0v) is 12.5. The molecule has 1 fully saturated rings. The Hall–Kier alpha value is -0.900. The van der Waals surface area contributed by atoms with Crippen molar-refractivity contribution in [3.05, 3.63) is 0 Å². The van der Waals surface area contributed by atoms with Gasteiger partial charge >= 0.3 is 0 Å². The average Bonchev–Trinajstić information content (AvgIpc) is 2.42. The quantitative estimate of drug-likeness (QED) is 0.781. The number of hydrogen-bond acceptors (Lipinski definition) is 3. The van der Waals surface area contributed by atoms with Gasteiger partial charge in [-0.05, 0) is 26.2 Å². The molecule has 0 bridgehead atoms. The second-order valence-corrected chi connectivity index (χ2v) is 7.18. The molecule has 1 atom stereocenters. The Balaban J connectivity index is 2.58. The van der Waals surface area contributed by atoms with E-state index in [1.165, 1.54) is 4.90 Å². The van der Waals surface area contributed by atoms with Gasteiger partial charge in [-0.15, -0.1) is 0 Å². The molecule has 1 aliphatic heterocycles. The topological polar surface area (TPSA) is 49.4 Å². The van der Waals surface area contributed by atoms with Gasteiger partial charge in [0.2, 0.25) is 11.8 Å². The van der Waals surface area contributed by atoms with E-state index in [0.29, 0.717) is 19.5 Å². The number of amides is 2. The van der Waals surface area contributed by atoms with E-state index in [0.717, 1.165) is 0 Å². The van der Waals surface area contributed by atoms with Gasteiger partial charge in [0.05, 0.1) is 5.92 Å². The number of imide groups is 1. The highest BCUT2D eigenvalue weighted by atomic mass is 16.2. The van der Waals surface area contributed by atoms with Crippen LogP contribution >= 0.6 is 0 Å². The Morgan fingerprint density at radius 2 is 1.72 bits per heavy atom. The molecule has 18 heavy (non-hydrogen) atoms. The van der Waals surface area contributed by atoms with Crippen molar-refractivity contribution >= 4 is 11.8 Å². The normalized spacial score (nSPS) is 21.9. The Kier molecular flexibility index (Phi) is 4.21. The SMILES string of the molecule is CC(C)(C)NCCN1C(=O)CC(C(C)(C)C)C1=O. The number of carbonyl (C=O) groups excluding carboxylic acids is 2. The van der Waals surface area contributed by atoms with Crippen LogP contribution in [0.15, 0.2) is 0 Å². The highest BCUT2D eigenvalue weighted by Gasteiger charge is 2.44. The smallest absolute Gasteiger partial charge is 0.233 e. The molecule has 0 aromatic heterocycles. The summed E-state index contributed by atoms with van der Waals surface area (Å²) in [4.78, 5) is 25.5. The van der Waals surface area contributed by atoms with Crippen LogP contribution in [0.3, 0.4) is 0 Å². The highest BCUT2D eigenvalue weighted by molar-refractivity contribution is 6.03. The van der Waals surface area contributed by atoms with E-state index < -0.39 is 0 Å². The molecule has 1 rings (SSSR count). The van der Waals surface area contributed by atoms with Gasteiger partial charge in [0, 0.05) is 25.0 Å². The number of rotatable bonds is 3. The third-order valence-corrected chi connectivity index (χ3v) is 3.28. The summed E-state index contributed by atoms with van der Waals surface area (Å²) in [5, 5.41) is 3.30. The van der Waals surface area contributed by atoms with Crippen molar-refractivity contribution in [2.24, 2.45) is 11.3 Å². The van der Waals surface area contributed by atoms with Gasteiger partial charge in [-0.3, -0.25) is 14.5 Å². The van der Waals surface area contributed by atoms with E-state index in [1.54, 1.807) is 0 Å². The fraction of sp³-hybridized carbons (Fsp3) is 0.857. The van der Waals surface area contributed by atoms with Crippen LogP contribution in [0.1, 0.15) is 48.0 Å². The molecule has 0 radical (unpaired) electrons. The van der Waals surface area contributed by atoms with E-state index in [-0.39, 0.29) is 28.7 Å². The minimum Gasteiger partial charge on any atom is -0.310 e. The summed E-state index contributed by atoms with van der Waals surface area (Å²) in [5.41, 5.74) is -0.131. The van der Waals surface area contributed by atoms with Gasteiger partial charge in [-0.2, -0.15) is 0 Å². The second kappa shape index (κ2) is 5.00. The highest BCUT2D eigenvalue weighted by Crippen LogP contribution is 2.35. The maximum absolute atomic E-state index is 12.2. The largest absolute Gasteiger partial charge is 0.310 e. The predicted octanol–water partition coefficient (Wildman–Crippen LogP) is 1.80. The molecule has 1 aliphatic rings. The molecule has 0 aromatic rings. The van der Waals surface area contributed by atoms with Gasteiger partial charge < -0.3 is 5.32 Å². The predicted molar refractivity (Wildman–Crippen MR) is 72.0 cm³/mol. The lowest BCUT2D eigenvalue weighted by Crippen LogP contribution is -2.43. The molecule has 0 aliphatic carbocycles. The van der Waals surface area contributed by atoms with Gasteiger partial charge in [-0.25, -0.2) is 0 Å². The Labute approximate surface area is 110 Å². The lowest BCUT2D eigenvalue weighted by Gasteiger charge is -2.26. The number of hydrogen-bond donors (Lipinski definition) is 1. The third kappa shape index (κ3) is 3.80. The summed E-state index contributed by atoms with van der Waals surface area (Å²) >= 11 is 0. The fourth-order valence-corrected chi connectivity index (χ4v) is 2.14. The Morgan fingerprint density at radius 3 is 2.11 bits per heavy atom. The Bertz CT molecular complexity index is 337. The summed E-state index contributed by atoms with van der Waals surface area (Å²) in [6.07, 6.45) is 0.359. The second-order valence-electron chi connectivity index (χ2n) is 7.18. The van der Waals surface area contributed by atoms with Crippen molar-refractivity contribution in [1.29, 1.82) is 0 Å². The molecule has 1 N–H and O–H groups in total. The van der Waals surface area contributed by atoms with Gasteiger partial charge in [0.1, 0.15) is 0 Å². The van der Waals surface area contributed by atoms with E-state index in [1.807, 2.05) is 20.8 Å². The minimum absolute atomic E-state index is 0.00917. The van der Waals surface area contributed by atoms with Crippen molar-refractivity contribution < 1.29 is 9.59 Å². The molecule has 1 unspecified atom stereocenters. The van der Waals surface area contributed by atoms with Crippen LogP contribution in [0.4, 0.5) is 0 Å². The molecule has 4 nitrogen and oxygen atoms in total. The molecule has 0 spiro atoms. The lowest BCUT2D eigenvalue weighted by atomic mass is 9.80. The first-order valence-electron chi connectivity index (χ1n) is 6.61. The molecular formula is C14H26N2O2. The maximum atomic E-state index is 12.2. The first kappa shape index (κ1) is 15.2. The summed E-state index contributed by atoms with van der Waals surface area (Å²) in [5.74, 6) is -0.210. The first-order valence-corrected chi connectivity index (χ1v) is 6.61. The molecule has 2 amide bonds. The summed E-state index contributed by atoms with van der Waals surface area (Å²) < 4.78 is 0. The molecule has 0 saturated carbocycles. The van der Waals surface area contributed by atoms with Crippen LogP contribution in [0.2, 0.25) is 0 Å². The van der Waals surface area contributed by atoms with Crippen LogP contribution in [-0.4, -0.2) is 35.3 Å². The number of likely N-dealkylation sites (tertiary alicyclic amines) is 1. The van der Waals surface area contributed by atoms with E-state index in [9.17, 15) is 9.59 Å². The Morgan fingerprint density at radius 1 is 1.17 bits per heavy atom. The third-order valence-electron chi connectivity index (χ3n) is 3.28. The van der Waals surface area contributed by atoms with Gasteiger partial charge in [0.15, 0.2) is 0 Å². The lowest BCUT2D eigenvalue weighted by molar-refractivity contribution is -0.140. The van der Waals surface area contributed by atoms with E-state index in [2.05, 4.69) is 26.1 Å². The fourth-order valence-electron chi connectivity index (χ4n) is 2.14. The molecule has 0 aromatic carbocycles. The molecule has 4 heteroatoms. The van der Waals surface area contributed by atoms with Crippen LogP contribution in [0.25, 0.3) is 0 Å². The van der Waals surface area contributed by atoms with Crippen molar-refractivity contribution in [3.63, 3.8) is 0 Å². The van der Waals surface area contributed by atoms with Crippen LogP contribution in [-0.2, 0) is 9.59 Å². The number of nitrogens with one attached hydrogen (secondary N) is 1. The summed E-state index contributed by atoms with van der Waals surface area (Å²) in [6, 6.07) is 0. The number of nitrogens with zero attached hydrogens (tertiary/aromatic N) is 1. The van der Waals surface area contributed by atoms with E-state index >= 15 is 0 Å². The summed E-state index contributed by atoms with van der Waals surface area (Å²) in [7, 11) is 0. The standard InChI is InChI=1S/C14H26N2O2/c1-13(2,3)10-9-11(17)16(12(10)18)8-7-15-14(4,5)6/h10,15H,7-9H2,1-6H3. The number of carbonyl (C=O) groups is 2. The molecule has 104 valence electrons. The minimum atomic E-state index is -0.167. The molecule has 1 heterocycles. The summed E-state index contributed by atoms with van der Waals surface area (Å²) in [6.45, 7) is 13.4. The van der Waals surface area contributed by atoms with Crippen LogP contribution in [0, 0.1) is 11.3 Å². The molecular weight excluding hydrogens is 228 g/mol. The zero-order valence-electron chi connectivity index (χ0n) is 12.5. The van der Waals surface area contributed by atoms with Crippen LogP contribution in [0.5, 0.6) is 0 Å². The van der Waals surface area contributed by atoms with Crippen LogP contribution < -0.4 is 5.32 Å². The average molecular weight is 254 g/mol. The maximum Gasteiger partial charge on any atom is 0.233 e. The first-order chi connectivity index (χ1) is 8.02. The van der Waals surface area contributed by atoms with Crippen molar-refractivity contribution in [2.45, 2.75) is 53.5 Å². The van der Waals surface area contributed by atoms with Crippen molar-refractivity contribution in [3.8, 4) is 0 Å². The van der Waals surface area contributed by atoms with E-state index in [4.69, 9.17) is 0 Å². The monoisotopic (exact) mass is 254 g/mol. The van der Waals surface area contributed by atoms with Crippen molar-refractivity contribution in [1.82, 2.24) is 10.2 Å². The molecule has 1 saturated heterocycles. The van der Waals surface area contributed by atoms with Gasteiger partial charge in [0.25, 0.3) is 0 Å².